The van der Waals surface area contributed by atoms with Crippen LogP contribution in [0.2, 0.25) is 0 Å². The number of piperazine rings is 1. The van der Waals surface area contributed by atoms with Crippen LogP contribution in [0.4, 0.5) is 25.0 Å². The number of benzene rings is 1. The third-order valence-corrected chi connectivity index (χ3v) is 11.3. The van der Waals surface area contributed by atoms with Crippen molar-refractivity contribution in [3.8, 4) is 5.75 Å². The van der Waals surface area contributed by atoms with E-state index >= 15 is 8.78 Å². The molecule has 6 rings (SSSR count). The molecule has 0 aliphatic carbocycles. The van der Waals surface area contributed by atoms with Crippen molar-refractivity contribution in [3.63, 3.8) is 0 Å². The molecule has 279 valence electrons. The van der Waals surface area contributed by atoms with E-state index in [1.807, 2.05) is 6.92 Å². The summed E-state index contributed by atoms with van der Waals surface area (Å²) in [6.45, 7) is 9.95. The summed E-state index contributed by atoms with van der Waals surface area (Å²) >= 11 is 0. The fraction of sp³-hybridized carbons (Fsp3) is 0.600. The van der Waals surface area contributed by atoms with Crippen molar-refractivity contribution >= 4 is 45.4 Å². The summed E-state index contributed by atoms with van der Waals surface area (Å²) in [7, 11) is 3.35. The van der Waals surface area contributed by atoms with Gasteiger partial charge >= 0.3 is 6.09 Å². The molecule has 1 aromatic carbocycles. The van der Waals surface area contributed by atoms with E-state index in [0.29, 0.717) is 58.1 Å². The number of hydrogen-bond donors (Lipinski definition) is 2. The zero-order valence-corrected chi connectivity index (χ0v) is 30.8. The van der Waals surface area contributed by atoms with Gasteiger partial charge in [-0.2, -0.15) is 0 Å². The Labute approximate surface area is 305 Å². The van der Waals surface area contributed by atoms with E-state index in [9.17, 15) is 19.2 Å². The van der Waals surface area contributed by atoms with Gasteiger partial charge in [0.05, 0.1) is 40.9 Å². The summed E-state index contributed by atoms with van der Waals surface area (Å²) in [4.78, 5) is 65.0. The van der Waals surface area contributed by atoms with Gasteiger partial charge in [-0.15, -0.1) is 0 Å². The van der Waals surface area contributed by atoms with Gasteiger partial charge in [-0.25, -0.2) is 23.5 Å². The summed E-state index contributed by atoms with van der Waals surface area (Å²) in [5.41, 5.74) is -0.230. The van der Waals surface area contributed by atoms with Gasteiger partial charge in [0.25, 0.3) is 5.91 Å². The van der Waals surface area contributed by atoms with Crippen LogP contribution >= 0.6 is 0 Å². The first-order valence-corrected chi connectivity index (χ1v) is 18.3. The van der Waals surface area contributed by atoms with Crippen LogP contribution in [0, 0.1) is 17.6 Å². The fourth-order valence-electron chi connectivity index (χ4n) is 7.36. The van der Waals surface area contributed by atoms with Gasteiger partial charge in [0.2, 0.25) is 11.8 Å². The van der Waals surface area contributed by atoms with Crippen LogP contribution in [0.5, 0.6) is 5.75 Å². The predicted octanol–water partition coefficient (Wildman–Crippen LogP) is 2.07. The lowest BCUT2D eigenvalue weighted by atomic mass is 9.78. The minimum absolute atomic E-state index is 0.0885. The molecule has 4 amide bonds. The molecular weight excluding hydrogens is 695 g/mol. The standard InChI is InChI=1S/C35H45F2N8O6Si/c1-4-28-38-17-24(18-39-28)51-25-19-44(20-25)33(49)50-21-30(47)42-11-13-45(14-12-42)34(2,3)22-6-9-43(10-7-22)31-26(36)15-23(16-27(31)37)41-35(52)8-5-29(46)40-32(35)48/h15-18,22,25,41H,4-14,19-21H2,1-3H3,(H,40,46,48)/t35-/m0/s1. The molecule has 0 bridgehead atoms. The first-order valence-electron chi connectivity index (χ1n) is 17.8. The number of nitrogens with one attached hydrogen (secondary N) is 2. The van der Waals surface area contributed by atoms with Crippen LogP contribution < -0.4 is 20.3 Å². The molecule has 5 heterocycles. The zero-order valence-electron chi connectivity index (χ0n) is 29.8. The molecule has 0 unspecified atom stereocenters. The van der Waals surface area contributed by atoms with Crippen molar-refractivity contribution < 1.29 is 37.4 Å². The maximum absolute atomic E-state index is 15.4. The van der Waals surface area contributed by atoms with Crippen LogP contribution in [0.15, 0.2) is 24.5 Å². The van der Waals surface area contributed by atoms with Crippen molar-refractivity contribution in [1.82, 2.24) is 30.0 Å². The lowest BCUT2D eigenvalue weighted by molar-refractivity contribution is -0.138. The Bertz CT molecular complexity index is 1640. The Morgan fingerprint density at radius 3 is 2.25 bits per heavy atom. The third kappa shape index (κ3) is 8.14. The molecular formula is C35H45F2N8O6Si. The van der Waals surface area contributed by atoms with Gasteiger partial charge in [0, 0.05) is 63.3 Å². The molecule has 4 fully saturated rings. The molecule has 0 saturated carbocycles. The number of hydrogen-bond acceptors (Lipinski definition) is 11. The summed E-state index contributed by atoms with van der Waals surface area (Å²) in [5, 5.41) is 3.71. The van der Waals surface area contributed by atoms with Crippen LogP contribution in [0.1, 0.15) is 52.3 Å². The third-order valence-electron chi connectivity index (χ3n) is 10.7. The number of aromatic nitrogens is 2. The maximum atomic E-state index is 15.4. The van der Waals surface area contributed by atoms with Gasteiger partial charge in [-0.3, -0.25) is 24.6 Å². The molecule has 1 atom stereocenters. The average molecular weight is 740 g/mol. The number of piperidine rings is 2. The molecule has 3 radical (unpaired) electrons. The molecule has 1 aromatic heterocycles. The van der Waals surface area contributed by atoms with E-state index in [2.05, 4.69) is 49.6 Å². The lowest BCUT2D eigenvalue weighted by Crippen LogP contribution is -2.60. The van der Waals surface area contributed by atoms with Crippen LogP contribution in [0.25, 0.3) is 0 Å². The Hall–Kier alpha value is -4.38. The smallest absolute Gasteiger partial charge is 0.410 e. The second-order valence-corrected chi connectivity index (χ2v) is 15.2. The van der Waals surface area contributed by atoms with Gasteiger partial charge in [0.1, 0.15) is 17.6 Å². The Morgan fingerprint density at radius 2 is 1.65 bits per heavy atom. The van der Waals surface area contributed by atoms with Crippen LogP contribution in [-0.4, -0.2) is 134 Å². The van der Waals surface area contributed by atoms with E-state index in [1.165, 1.54) is 17.0 Å². The molecule has 14 nitrogen and oxygen atoms in total. The normalized spacial score (nSPS) is 22.2. The fourth-order valence-corrected chi connectivity index (χ4v) is 7.69. The monoisotopic (exact) mass is 739 g/mol. The first kappa shape index (κ1) is 37.4. The number of carbonyl (C=O) groups excluding carboxylic acids is 4. The topological polar surface area (TPSA) is 150 Å². The summed E-state index contributed by atoms with van der Waals surface area (Å²) in [6, 6.07) is 2.34. The Balaban J connectivity index is 0.922. The highest BCUT2D eigenvalue weighted by molar-refractivity contribution is 6.32. The van der Waals surface area contributed by atoms with Gasteiger partial charge in [-0.05, 0) is 51.2 Å². The molecule has 52 heavy (non-hydrogen) atoms. The molecule has 4 saturated heterocycles. The highest BCUT2D eigenvalue weighted by atomic mass is 28.1. The van der Waals surface area contributed by atoms with Gasteiger partial charge in [0.15, 0.2) is 24.0 Å². The van der Waals surface area contributed by atoms with Crippen LogP contribution in [-0.2, 0) is 25.5 Å². The second-order valence-electron chi connectivity index (χ2n) is 14.4. The van der Waals surface area contributed by atoms with Crippen molar-refractivity contribution in [1.29, 1.82) is 0 Å². The minimum Gasteiger partial charge on any atom is -0.483 e. The molecule has 4 aliphatic rings. The minimum atomic E-state index is -1.35. The number of halogens is 2. The van der Waals surface area contributed by atoms with Crippen molar-refractivity contribution in [2.24, 2.45) is 5.92 Å². The van der Waals surface area contributed by atoms with E-state index in [-0.39, 0.29) is 54.3 Å². The number of nitrogens with zero attached hydrogens (tertiary/aromatic N) is 6. The number of carbonyl (C=O) groups is 4. The number of likely N-dealkylation sites (tertiary alicyclic amines) is 1. The number of ether oxygens (including phenoxy) is 2. The summed E-state index contributed by atoms with van der Waals surface area (Å²) < 4.78 is 41.8. The number of imide groups is 1. The Kier molecular flexibility index (Phi) is 11.0. The quantitative estimate of drug-likeness (QED) is 0.273. The summed E-state index contributed by atoms with van der Waals surface area (Å²) in [6.07, 6.45) is 4.90. The number of amides is 4. The molecule has 2 N–H and O–H groups in total. The predicted molar refractivity (Wildman–Crippen MR) is 187 cm³/mol. The van der Waals surface area contributed by atoms with E-state index < -0.39 is 34.7 Å². The van der Waals surface area contributed by atoms with Crippen LogP contribution in [0.3, 0.4) is 0 Å². The maximum Gasteiger partial charge on any atom is 0.410 e. The highest BCUT2D eigenvalue weighted by Gasteiger charge is 2.41. The number of anilines is 2. The van der Waals surface area contributed by atoms with Crippen molar-refractivity contribution in [2.75, 3.05) is 69.2 Å². The molecule has 4 aliphatic heterocycles. The molecule has 2 aromatic rings. The summed E-state index contributed by atoms with van der Waals surface area (Å²) in [5.74, 6) is -1.19. The largest absolute Gasteiger partial charge is 0.483 e. The zero-order chi connectivity index (χ0) is 37.2. The number of aryl methyl sites for hydroxylation is 1. The van der Waals surface area contributed by atoms with Gasteiger partial charge in [-0.1, -0.05) is 6.92 Å². The van der Waals surface area contributed by atoms with Crippen molar-refractivity contribution in [2.45, 2.75) is 69.7 Å². The first-order chi connectivity index (χ1) is 24.8. The lowest BCUT2D eigenvalue weighted by Gasteiger charge is -2.50. The van der Waals surface area contributed by atoms with E-state index in [1.54, 1.807) is 22.2 Å². The number of rotatable bonds is 10. The Morgan fingerprint density at radius 1 is 1.02 bits per heavy atom. The van der Waals surface area contributed by atoms with Crippen molar-refractivity contribution in [3.05, 3.63) is 42.0 Å². The highest BCUT2D eigenvalue weighted by Crippen LogP contribution is 2.37. The second kappa shape index (κ2) is 15.3. The van der Waals surface area contributed by atoms with Gasteiger partial charge < -0.3 is 29.5 Å². The van der Waals surface area contributed by atoms with E-state index in [0.717, 1.165) is 25.1 Å². The molecule has 17 heteroatoms. The SMILES string of the molecule is CCc1ncc(OC2CN(C(=O)OCC(=O)N3CCN(C(C)(C)C4CCN(c5c(F)cc(N[C@]6([Si])CCC(=O)NC6=O)cc5F)CC4)CC3)C2)cn1. The average Bonchev–Trinajstić information content (AvgIpc) is 3.10. The van der Waals surface area contributed by atoms with E-state index in [4.69, 9.17) is 9.47 Å². The molecule has 0 spiro atoms.